The fraction of sp³-hybridized carbons (Fsp3) is 0.778. The Morgan fingerprint density at radius 1 is 1.50 bits per heavy atom. The lowest BCUT2D eigenvalue weighted by atomic mass is 10.4. The smallest absolute Gasteiger partial charge is 0.223 e. The first-order chi connectivity index (χ1) is 6.86. The van der Waals surface area contributed by atoms with Gasteiger partial charge in [0.2, 0.25) is 5.91 Å². The number of nitrogens with zero attached hydrogens (tertiary/aromatic N) is 1. The van der Waals surface area contributed by atoms with Gasteiger partial charge in [-0.1, -0.05) is 0 Å². The molecule has 0 unspecified atom stereocenters. The Labute approximate surface area is 83.4 Å². The molecule has 0 spiro atoms. The SMILES string of the molecule is O=C(NCCNC1=NCCN1)C1CC1. The molecule has 0 saturated heterocycles. The van der Waals surface area contributed by atoms with Gasteiger partial charge in [-0.3, -0.25) is 9.79 Å². The molecule has 1 amide bonds. The molecule has 0 bridgehead atoms. The fourth-order valence-corrected chi connectivity index (χ4v) is 1.37. The summed E-state index contributed by atoms with van der Waals surface area (Å²) in [6, 6.07) is 0. The van der Waals surface area contributed by atoms with E-state index in [0.717, 1.165) is 38.4 Å². The molecule has 0 aromatic rings. The lowest BCUT2D eigenvalue weighted by Crippen LogP contribution is -2.39. The number of nitrogens with one attached hydrogen (secondary N) is 3. The molecule has 1 heterocycles. The number of carbonyl (C=O) groups excluding carboxylic acids is 1. The quantitative estimate of drug-likeness (QED) is 0.508. The van der Waals surface area contributed by atoms with E-state index < -0.39 is 0 Å². The van der Waals surface area contributed by atoms with Gasteiger partial charge in [-0.05, 0) is 12.8 Å². The molecule has 0 aromatic carbocycles. The molecule has 3 N–H and O–H groups in total. The summed E-state index contributed by atoms with van der Waals surface area (Å²) in [6.45, 7) is 3.17. The Kier molecular flexibility index (Phi) is 2.86. The van der Waals surface area contributed by atoms with Gasteiger partial charge in [-0.15, -0.1) is 0 Å². The minimum absolute atomic E-state index is 0.202. The number of rotatable bonds is 4. The van der Waals surface area contributed by atoms with E-state index in [9.17, 15) is 4.79 Å². The van der Waals surface area contributed by atoms with E-state index in [2.05, 4.69) is 20.9 Å². The predicted octanol–water partition coefficient (Wildman–Crippen LogP) is -0.939. The van der Waals surface area contributed by atoms with Crippen molar-refractivity contribution >= 4 is 11.9 Å². The second-order valence-corrected chi connectivity index (χ2v) is 3.65. The molecule has 1 saturated carbocycles. The van der Waals surface area contributed by atoms with E-state index in [1.165, 1.54) is 0 Å². The summed E-state index contributed by atoms with van der Waals surface area (Å²) >= 11 is 0. The van der Waals surface area contributed by atoms with Gasteiger partial charge in [0.15, 0.2) is 5.96 Å². The van der Waals surface area contributed by atoms with Crippen molar-refractivity contribution in [2.75, 3.05) is 26.2 Å². The zero-order chi connectivity index (χ0) is 9.80. The number of carbonyl (C=O) groups is 1. The van der Waals surface area contributed by atoms with E-state index in [-0.39, 0.29) is 5.91 Å². The third kappa shape index (κ3) is 2.61. The molecule has 1 aliphatic heterocycles. The van der Waals surface area contributed by atoms with Crippen molar-refractivity contribution < 1.29 is 4.79 Å². The number of hydrogen-bond acceptors (Lipinski definition) is 4. The summed E-state index contributed by atoms with van der Waals surface area (Å²) in [5, 5.41) is 9.11. The van der Waals surface area contributed by atoms with Crippen LogP contribution in [0.2, 0.25) is 0 Å². The van der Waals surface area contributed by atoms with Crippen LogP contribution in [0.15, 0.2) is 4.99 Å². The van der Waals surface area contributed by atoms with E-state index in [0.29, 0.717) is 12.5 Å². The molecule has 78 valence electrons. The Bertz CT molecular complexity index is 247. The highest BCUT2D eigenvalue weighted by molar-refractivity contribution is 5.82. The van der Waals surface area contributed by atoms with Crippen LogP contribution in [-0.2, 0) is 4.79 Å². The Morgan fingerprint density at radius 3 is 3.00 bits per heavy atom. The molecule has 1 aliphatic carbocycles. The number of amides is 1. The average Bonchev–Trinajstić information content (AvgIpc) is 2.92. The Hall–Kier alpha value is -1.26. The maximum atomic E-state index is 11.2. The molecule has 0 aromatic heterocycles. The van der Waals surface area contributed by atoms with E-state index in [1.807, 2.05) is 0 Å². The number of aliphatic imine (C=N–C) groups is 1. The highest BCUT2D eigenvalue weighted by Crippen LogP contribution is 2.28. The molecule has 0 radical (unpaired) electrons. The largest absolute Gasteiger partial charge is 0.355 e. The maximum Gasteiger partial charge on any atom is 0.223 e. The van der Waals surface area contributed by atoms with Crippen molar-refractivity contribution in [3.63, 3.8) is 0 Å². The molecule has 5 heteroatoms. The van der Waals surface area contributed by atoms with Crippen LogP contribution in [0.1, 0.15) is 12.8 Å². The van der Waals surface area contributed by atoms with Gasteiger partial charge >= 0.3 is 0 Å². The summed E-state index contributed by atoms with van der Waals surface area (Å²) < 4.78 is 0. The van der Waals surface area contributed by atoms with Crippen molar-refractivity contribution in [3.8, 4) is 0 Å². The van der Waals surface area contributed by atoms with Crippen molar-refractivity contribution in [3.05, 3.63) is 0 Å². The van der Waals surface area contributed by atoms with Gasteiger partial charge in [0.1, 0.15) is 0 Å². The standard InChI is InChI=1S/C9H16N4O/c14-8(7-1-2-7)10-3-4-11-9-12-5-6-13-9/h7H,1-6H2,(H,10,14)(H2,11,12,13). The van der Waals surface area contributed by atoms with Gasteiger partial charge in [0.05, 0.1) is 6.54 Å². The van der Waals surface area contributed by atoms with E-state index in [4.69, 9.17) is 0 Å². The first-order valence-electron chi connectivity index (χ1n) is 5.16. The summed E-state index contributed by atoms with van der Waals surface area (Å²) in [7, 11) is 0. The molecule has 5 nitrogen and oxygen atoms in total. The Morgan fingerprint density at radius 2 is 2.36 bits per heavy atom. The van der Waals surface area contributed by atoms with Crippen molar-refractivity contribution in [1.82, 2.24) is 16.0 Å². The first kappa shape index (κ1) is 9.30. The van der Waals surface area contributed by atoms with Crippen LogP contribution >= 0.6 is 0 Å². The third-order valence-electron chi connectivity index (χ3n) is 2.34. The lowest BCUT2D eigenvalue weighted by Gasteiger charge is -2.07. The normalized spacial score (nSPS) is 19.9. The molecular formula is C9H16N4O. The zero-order valence-electron chi connectivity index (χ0n) is 8.18. The third-order valence-corrected chi connectivity index (χ3v) is 2.34. The fourth-order valence-electron chi connectivity index (χ4n) is 1.37. The van der Waals surface area contributed by atoms with Crippen molar-refractivity contribution in [2.45, 2.75) is 12.8 Å². The highest BCUT2D eigenvalue weighted by atomic mass is 16.2. The molecule has 2 rings (SSSR count). The van der Waals surface area contributed by atoms with Gasteiger partial charge in [0.25, 0.3) is 0 Å². The number of guanidine groups is 1. The van der Waals surface area contributed by atoms with Crippen molar-refractivity contribution in [1.29, 1.82) is 0 Å². The molecular weight excluding hydrogens is 180 g/mol. The van der Waals surface area contributed by atoms with Gasteiger partial charge < -0.3 is 16.0 Å². The topological polar surface area (TPSA) is 65.5 Å². The van der Waals surface area contributed by atoms with Crippen LogP contribution < -0.4 is 16.0 Å². The van der Waals surface area contributed by atoms with Crippen molar-refractivity contribution in [2.24, 2.45) is 10.9 Å². The second-order valence-electron chi connectivity index (χ2n) is 3.65. The summed E-state index contributed by atoms with van der Waals surface area (Å²) in [6.07, 6.45) is 2.13. The zero-order valence-corrected chi connectivity index (χ0v) is 8.18. The van der Waals surface area contributed by atoms with Crippen LogP contribution in [-0.4, -0.2) is 38.0 Å². The second kappa shape index (κ2) is 4.30. The summed E-state index contributed by atoms with van der Waals surface area (Å²) in [5.74, 6) is 1.36. The average molecular weight is 196 g/mol. The monoisotopic (exact) mass is 196 g/mol. The summed E-state index contributed by atoms with van der Waals surface area (Å²) in [5.41, 5.74) is 0. The molecule has 2 aliphatic rings. The van der Waals surface area contributed by atoms with E-state index in [1.54, 1.807) is 0 Å². The van der Waals surface area contributed by atoms with Crippen LogP contribution in [0.3, 0.4) is 0 Å². The van der Waals surface area contributed by atoms with Gasteiger partial charge in [-0.25, -0.2) is 0 Å². The van der Waals surface area contributed by atoms with Crippen LogP contribution in [0.5, 0.6) is 0 Å². The first-order valence-corrected chi connectivity index (χ1v) is 5.16. The molecule has 1 fully saturated rings. The molecule has 0 atom stereocenters. The minimum atomic E-state index is 0.202. The Balaban J connectivity index is 1.52. The lowest BCUT2D eigenvalue weighted by molar-refractivity contribution is -0.122. The van der Waals surface area contributed by atoms with Crippen LogP contribution in [0.25, 0.3) is 0 Å². The summed E-state index contributed by atoms with van der Waals surface area (Å²) in [4.78, 5) is 15.4. The minimum Gasteiger partial charge on any atom is -0.355 e. The predicted molar refractivity (Wildman–Crippen MR) is 54.0 cm³/mol. The number of hydrogen-bond donors (Lipinski definition) is 3. The molecule has 14 heavy (non-hydrogen) atoms. The highest BCUT2D eigenvalue weighted by Gasteiger charge is 2.28. The maximum absolute atomic E-state index is 11.2. The van der Waals surface area contributed by atoms with Gasteiger partial charge in [0, 0.05) is 25.6 Å². The van der Waals surface area contributed by atoms with Gasteiger partial charge in [-0.2, -0.15) is 0 Å². The van der Waals surface area contributed by atoms with Crippen LogP contribution in [0, 0.1) is 5.92 Å². The van der Waals surface area contributed by atoms with Crippen LogP contribution in [0.4, 0.5) is 0 Å². The van der Waals surface area contributed by atoms with E-state index >= 15 is 0 Å².